The first-order valence-corrected chi connectivity index (χ1v) is 23.2. The van der Waals surface area contributed by atoms with Crippen molar-refractivity contribution in [3.63, 3.8) is 0 Å². The van der Waals surface area contributed by atoms with Gasteiger partial charge in [-0.25, -0.2) is 9.97 Å². The maximum Gasteiger partial charge on any atom is 0.238 e. The van der Waals surface area contributed by atoms with Gasteiger partial charge < -0.3 is 9.13 Å². The molecule has 0 atom stereocenters. The Kier molecular flexibility index (Phi) is 8.75. The van der Waals surface area contributed by atoms with E-state index in [9.17, 15) is 0 Å². The Morgan fingerprint density at radius 1 is 0.275 bits per heavy atom. The van der Waals surface area contributed by atoms with E-state index in [4.69, 9.17) is 19.9 Å². The molecule has 0 saturated carbocycles. The maximum absolute atomic E-state index is 5.49. The Hall–Kier alpha value is -9.46. The third kappa shape index (κ3) is 6.14. The maximum atomic E-state index is 5.49. The van der Waals surface area contributed by atoms with Crippen LogP contribution in [-0.2, 0) is 0 Å². The van der Waals surface area contributed by atoms with Gasteiger partial charge in [0.05, 0.1) is 50.2 Å². The Balaban J connectivity index is 1.09. The molecule has 69 heavy (non-hydrogen) atoms. The van der Waals surface area contributed by atoms with Crippen molar-refractivity contribution in [3.8, 4) is 62.6 Å². The Morgan fingerprint density at radius 2 is 0.710 bits per heavy atom. The zero-order valence-corrected chi connectivity index (χ0v) is 37.1. The van der Waals surface area contributed by atoms with Crippen molar-refractivity contribution in [1.82, 2.24) is 33.6 Å². The van der Waals surface area contributed by atoms with E-state index in [1.807, 2.05) is 36.4 Å². The molecule has 0 unspecified atom stereocenters. The smallest absolute Gasteiger partial charge is 0.238 e. The number of benzene rings is 9. The summed E-state index contributed by atoms with van der Waals surface area (Å²) in [6.07, 6.45) is 0. The van der Waals surface area contributed by atoms with Crippen molar-refractivity contribution in [2.75, 3.05) is 0 Å². The predicted molar refractivity (Wildman–Crippen MR) is 282 cm³/mol. The van der Waals surface area contributed by atoms with Gasteiger partial charge in [-0.2, -0.15) is 9.97 Å². The highest BCUT2D eigenvalue weighted by atomic mass is 15.2. The molecule has 0 saturated heterocycles. The van der Waals surface area contributed by atoms with Gasteiger partial charge in [0.25, 0.3) is 0 Å². The first-order valence-electron chi connectivity index (χ1n) is 23.2. The molecule has 5 heterocycles. The van der Waals surface area contributed by atoms with Gasteiger partial charge in [-0.15, -0.1) is 0 Å². The SMILES string of the molecule is c1ccc(-c2cccc(-c3ccc(-c4nc(-c5ccccc5)nc(-n5c6ccccc6c6c(-n7c8ccccc8c8ccccc87)cc7c8ccccc8n(-c8ccccc8)c7c65)n4)cc3)n2)cc1. The van der Waals surface area contributed by atoms with Crippen LogP contribution >= 0.6 is 0 Å². The normalized spacial score (nSPS) is 11.8. The molecule has 0 N–H and O–H groups in total. The van der Waals surface area contributed by atoms with E-state index in [0.717, 1.165) is 99.7 Å². The lowest BCUT2D eigenvalue weighted by molar-refractivity contribution is 0.953. The van der Waals surface area contributed by atoms with Gasteiger partial charge in [0.1, 0.15) is 0 Å². The molecule has 7 heteroatoms. The van der Waals surface area contributed by atoms with Crippen LogP contribution < -0.4 is 0 Å². The fraction of sp³-hybridized carbons (Fsp3) is 0. The molecule has 0 aliphatic rings. The quantitative estimate of drug-likeness (QED) is 0.160. The van der Waals surface area contributed by atoms with Crippen LogP contribution in [0, 0.1) is 0 Å². The third-order valence-electron chi connectivity index (χ3n) is 13.5. The van der Waals surface area contributed by atoms with Crippen LogP contribution in [-0.4, -0.2) is 33.6 Å². The minimum atomic E-state index is 0.525. The van der Waals surface area contributed by atoms with Crippen LogP contribution in [0.2, 0.25) is 0 Å². The molecule has 0 fully saturated rings. The lowest BCUT2D eigenvalue weighted by atomic mass is 10.1. The average Bonchev–Trinajstić information content (AvgIpc) is 4.08. The Morgan fingerprint density at radius 3 is 1.30 bits per heavy atom. The number of hydrogen-bond donors (Lipinski definition) is 0. The van der Waals surface area contributed by atoms with Crippen molar-refractivity contribution < 1.29 is 0 Å². The highest BCUT2D eigenvalue weighted by Crippen LogP contribution is 2.46. The van der Waals surface area contributed by atoms with Gasteiger partial charge in [-0.3, -0.25) is 4.57 Å². The number of para-hydroxylation sites is 5. The number of aromatic nitrogens is 7. The summed E-state index contributed by atoms with van der Waals surface area (Å²) >= 11 is 0. The predicted octanol–water partition coefficient (Wildman–Crippen LogP) is 15.2. The van der Waals surface area contributed by atoms with Gasteiger partial charge in [-0.1, -0.05) is 182 Å². The van der Waals surface area contributed by atoms with E-state index < -0.39 is 0 Å². The van der Waals surface area contributed by atoms with Gasteiger partial charge in [0, 0.05) is 60.3 Å². The average molecular weight is 882 g/mol. The minimum absolute atomic E-state index is 0.525. The largest absolute Gasteiger partial charge is 0.309 e. The van der Waals surface area contributed by atoms with Gasteiger partial charge in [-0.05, 0) is 54.6 Å². The Labute approximate surface area is 396 Å². The summed E-state index contributed by atoms with van der Waals surface area (Å²) in [5.74, 6) is 1.68. The summed E-state index contributed by atoms with van der Waals surface area (Å²) in [7, 11) is 0. The first-order chi connectivity index (χ1) is 34.2. The van der Waals surface area contributed by atoms with Crippen LogP contribution in [0.5, 0.6) is 0 Å². The molecule has 0 radical (unpaired) electrons. The molecule has 0 aliphatic heterocycles. The van der Waals surface area contributed by atoms with Gasteiger partial charge >= 0.3 is 0 Å². The number of fused-ring (bicyclic) bond motifs is 10. The first kappa shape index (κ1) is 38.8. The van der Waals surface area contributed by atoms with Crippen LogP contribution in [0.1, 0.15) is 0 Å². The second kappa shape index (κ2) is 15.6. The fourth-order valence-electron chi connectivity index (χ4n) is 10.5. The lowest BCUT2D eigenvalue weighted by Crippen LogP contribution is -2.07. The highest BCUT2D eigenvalue weighted by molar-refractivity contribution is 6.27. The number of nitrogens with zero attached hydrogens (tertiary/aromatic N) is 7. The molecule has 9 aromatic carbocycles. The number of hydrogen-bond acceptors (Lipinski definition) is 4. The molecular weight excluding hydrogens is 843 g/mol. The van der Waals surface area contributed by atoms with E-state index >= 15 is 0 Å². The van der Waals surface area contributed by atoms with Crippen LogP contribution in [0.15, 0.2) is 237 Å². The van der Waals surface area contributed by atoms with Crippen molar-refractivity contribution in [2.45, 2.75) is 0 Å². The molecule has 14 aromatic rings. The molecule has 0 spiro atoms. The number of pyridine rings is 1. The van der Waals surface area contributed by atoms with Crippen molar-refractivity contribution in [2.24, 2.45) is 0 Å². The van der Waals surface area contributed by atoms with Crippen LogP contribution in [0.3, 0.4) is 0 Å². The number of rotatable bonds is 7. The minimum Gasteiger partial charge on any atom is -0.309 e. The zero-order chi connectivity index (χ0) is 45.4. The molecule has 322 valence electrons. The topological polar surface area (TPSA) is 66.3 Å². The second-order valence-electron chi connectivity index (χ2n) is 17.4. The lowest BCUT2D eigenvalue weighted by Gasteiger charge is -2.15. The molecular formula is C62H39N7. The molecule has 0 bridgehead atoms. The van der Waals surface area contributed by atoms with E-state index in [2.05, 4.69) is 214 Å². The molecule has 0 aliphatic carbocycles. The molecule has 0 amide bonds. The van der Waals surface area contributed by atoms with Crippen molar-refractivity contribution in [1.29, 1.82) is 0 Å². The van der Waals surface area contributed by atoms with Gasteiger partial charge in [0.2, 0.25) is 5.95 Å². The summed E-state index contributed by atoms with van der Waals surface area (Å²) in [6.45, 7) is 0. The highest BCUT2D eigenvalue weighted by Gasteiger charge is 2.27. The summed E-state index contributed by atoms with van der Waals surface area (Å²) in [6, 6.07) is 83.1. The summed E-state index contributed by atoms with van der Waals surface area (Å²) in [4.78, 5) is 21.2. The van der Waals surface area contributed by atoms with Gasteiger partial charge in [0.15, 0.2) is 11.6 Å². The van der Waals surface area contributed by atoms with Crippen LogP contribution in [0.25, 0.3) is 128 Å². The van der Waals surface area contributed by atoms with E-state index in [1.165, 1.54) is 10.8 Å². The van der Waals surface area contributed by atoms with E-state index in [-0.39, 0.29) is 0 Å². The third-order valence-corrected chi connectivity index (χ3v) is 13.5. The zero-order valence-electron chi connectivity index (χ0n) is 37.1. The monoisotopic (exact) mass is 881 g/mol. The summed E-state index contributed by atoms with van der Waals surface area (Å²) in [5.41, 5.74) is 14.3. The summed E-state index contributed by atoms with van der Waals surface area (Å²) < 4.78 is 7.16. The van der Waals surface area contributed by atoms with E-state index in [0.29, 0.717) is 17.6 Å². The molecule has 7 nitrogen and oxygen atoms in total. The standard InChI is InChI=1S/C62H39N7/c1-4-19-40(20-5-1)50-29-18-30-51(63-50)41-35-37-43(38-36-41)61-64-60(42-21-6-2-7-22-42)65-62(66-61)69-55-34-17-13-28-48(55)57-56(68-53-32-15-10-25-45(53)46-26-11-16-33-54(46)68)39-49-47-27-12-14-31-52(47)67(58(49)59(57)69)44-23-8-3-9-24-44/h1-39H. The van der Waals surface area contributed by atoms with Crippen LogP contribution in [0.4, 0.5) is 0 Å². The fourth-order valence-corrected chi connectivity index (χ4v) is 10.5. The van der Waals surface area contributed by atoms with Crippen molar-refractivity contribution >= 4 is 65.4 Å². The molecule has 14 rings (SSSR count). The Bertz CT molecular complexity index is 4230. The molecule has 5 aromatic heterocycles. The van der Waals surface area contributed by atoms with Crippen molar-refractivity contribution in [3.05, 3.63) is 237 Å². The summed E-state index contributed by atoms with van der Waals surface area (Å²) in [5, 5.41) is 6.88. The second-order valence-corrected chi connectivity index (χ2v) is 17.4. The van der Waals surface area contributed by atoms with E-state index in [1.54, 1.807) is 0 Å².